The normalized spacial score (nSPS) is 10.2. The quantitative estimate of drug-likeness (QED) is 0.629. The number of benzene rings is 2. The van der Waals surface area contributed by atoms with Crippen LogP contribution in [0, 0.1) is 0 Å². The van der Waals surface area contributed by atoms with E-state index in [0.717, 1.165) is 11.4 Å². The predicted molar refractivity (Wildman–Crippen MR) is 100 cm³/mol. The summed E-state index contributed by atoms with van der Waals surface area (Å²) >= 11 is 6.13. The summed E-state index contributed by atoms with van der Waals surface area (Å²) in [7, 11) is 0. The smallest absolute Gasteiger partial charge is 0.338 e. The van der Waals surface area contributed by atoms with Crippen LogP contribution < -0.4 is 10.6 Å². The van der Waals surface area contributed by atoms with Crippen LogP contribution in [0.2, 0.25) is 5.02 Å². The molecule has 7 nitrogen and oxygen atoms in total. The molecule has 1 aromatic heterocycles. The number of para-hydroxylation sites is 1. The number of halogens is 1. The number of rotatable bonds is 6. The molecule has 0 radical (unpaired) electrons. The van der Waals surface area contributed by atoms with Crippen molar-refractivity contribution in [3.05, 3.63) is 65.3 Å². The molecule has 3 aromatic rings. The molecule has 1 heterocycles. The lowest BCUT2D eigenvalue weighted by atomic mass is 10.2. The standard InChI is InChI=1S/C18H16ClN5O2/c1-2-26-17(25)12-7-9-13(10-8-12)21-18-23-16(11-20-24-18)22-15-6-4-3-5-14(15)19/h3-11H,2H2,1H3,(H2,21,22,23,24). The van der Waals surface area contributed by atoms with Gasteiger partial charge in [0.15, 0.2) is 5.82 Å². The fourth-order valence-electron chi connectivity index (χ4n) is 2.15. The van der Waals surface area contributed by atoms with Gasteiger partial charge in [0, 0.05) is 5.69 Å². The van der Waals surface area contributed by atoms with Gasteiger partial charge < -0.3 is 15.4 Å². The van der Waals surface area contributed by atoms with Crippen molar-refractivity contribution in [3.8, 4) is 0 Å². The number of aromatic nitrogens is 3. The molecule has 8 heteroatoms. The number of esters is 1. The number of hydrogen-bond donors (Lipinski definition) is 2. The number of nitrogens with zero attached hydrogens (tertiary/aromatic N) is 3. The topological polar surface area (TPSA) is 89.0 Å². The molecule has 0 saturated heterocycles. The van der Waals surface area contributed by atoms with E-state index in [0.29, 0.717) is 29.0 Å². The molecule has 0 aliphatic heterocycles. The third-order valence-electron chi connectivity index (χ3n) is 3.35. The second kappa shape index (κ2) is 8.26. The molecule has 3 rings (SSSR count). The third-order valence-corrected chi connectivity index (χ3v) is 3.68. The third kappa shape index (κ3) is 4.46. The van der Waals surface area contributed by atoms with E-state index in [1.807, 2.05) is 18.2 Å². The molecule has 0 fully saturated rings. The van der Waals surface area contributed by atoms with Gasteiger partial charge in [-0.2, -0.15) is 10.1 Å². The molecule has 0 aliphatic rings. The van der Waals surface area contributed by atoms with Crippen molar-refractivity contribution in [2.75, 3.05) is 17.2 Å². The molecule has 0 spiro atoms. The van der Waals surface area contributed by atoms with Crippen LogP contribution in [0.5, 0.6) is 0 Å². The SMILES string of the molecule is CCOC(=O)c1ccc(Nc2nncc(Nc3ccccc3Cl)n2)cc1. The van der Waals surface area contributed by atoms with E-state index >= 15 is 0 Å². The van der Waals surface area contributed by atoms with Crippen molar-refractivity contribution in [1.29, 1.82) is 0 Å². The van der Waals surface area contributed by atoms with E-state index in [1.54, 1.807) is 37.3 Å². The lowest BCUT2D eigenvalue weighted by molar-refractivity contribution is 0.0526. The Morgan fingerprint density at radius 1 is 1.12 bits per heavy atom. The van der Waals surface area contributed by atoms with Gasteiger partial charge in [0.25, 0.3) is 0 Å². The summed E-state index contributed by atoms with van der Waals surface area (Å²) < 4.78 is 4.95. The summed E-state index contributed by atoms with van der Waals surface area (Å²) in [6.07, 6.45) is 1.50. The first-order chi connectivity index (χ1) is 12.7. The van der Waals surface area contributed by atoms with Gasteiger partial charge in [-0.05, 0) is 43.3 Å². The minimum atomic E-state index is -0.358. The van der Waals surface area contributed by atoms with Crippen molar-refractivity contribution in [3.63, 3.8) is 0 Å². The Kier molecular flexibility index (Phi) is 5.60. The lowest BCUT2D eigenvalue weighted by Gasteiger charge is -2.09. The monoisotopic (exact) mass is 369 g/mol. The zero-order chi connectivity index (χ0) is 18.4. The highest BCUT2D eigenvalue weighted by Gasteiger charge is 2.07. The van der Waals surface area contributed by atoms with E-state index in [9.17, 15) is 4.79 Å². The molecule has 0 amide bonds. The first-order valence-corrected chi connectivity index (χ1v) is 8.29. The molecule has 0 atom stereocenters. The Hall–Kier alpha value is -3.19. The molecule has 0 bridgehead atoms. The van der Waals surface area contributed by atoms with E-state index in [-0.39, 0.29) is 5.97 Å². The minimum Gasteiger partial charge on any atom is -0.462 e. The van der Waals surface area contributed by atoms with Gasteiger partial charge in [0.2, 0.25) is 5.95 Å². The molecule has 0 unspecified atom stereocenters. The first kappa shape index (κ1) is 17.6. The molecule has 0 aliphatic carbocycles. The van der Waals surface area contributed by atoms with Crippen LogP contribution in [0.3, 0.4) is 0 Å². The summed E-state index contributed by atoms with van der Waals surface area (Å²) in [5.74, 6) is 0.451. The summed E-state index contributed by atoms with van der Waals surface area (Å²) in [5.41, 5.74) is 1.92. The maximum Gasteiger partial charge on any atom is 0.338 e. The highest BCUT2D eigenvalue weighted by atomic mass is 35.5. The molecular formula is C18H16ClN5O2. The Labute approximate surface area is 155 Å². The molecule has 2 aromatic carbocycles. The van der Waals surface area contributed by atoms with Gasteiger partial charge in [-0.25, -0.2) is 4.79 Å². The maximum atomic E-state index is 11.7. The highest BCUT2D eigenvalue weighted by Crippen LogP contribution is 2.24. The van der Waals surface area contributed by atoms with Gasteiger partial charge in [-0.1, -0.05) is 23.7 Å². The Balaban J connectivity index is 1.71. The predicted octanol–water partition coefficient (Wildman–Crippen LogP) is 4.19. The summed E-state index contributed by atoms with van der Waals surface area (Å²) in [5, 5.41) is 14.6. The van der Waals surface area contributed by atoms with Crippen LogP contribution in [0.4, 0.5) is 23.1 Å². The zero-order valence-electron chi connectivity index (χ0n) is 13.9. The molecule has 0 saturated carbocycles. The Morgan fingerprint density at radius 3 is 2.62 bits per heavy atom. The summed E-state index contributed by atoms with van der Waals surface area (Å²) in [6, 6.07) is 14.1. The molecular weight excluding hydrogens is 354 g/mol. The Bertz CT molecular complexity index is 902. The van der Waals surface area contributed by atoms with Crippen molar-refractivity contribution in [2.24, 2.45) is 0 Å². The largest absolute Gasteiger partial charge is 0.462 e. The maximum absolute atomic E-state index is 11.7. The number of hydrogen-bond acceptors (Lipinski definition) is 7. The minimum absolute atomic E-state index is 0.311. The van der Waals surface area contributed by atoms with Crippen LogP contribution in [-0.4, -0.2) is 27.8 Å². The van der Waals surface area contributed by atoms with Crippen molar-refractivity contribution in [1.82, 2.24) is 15.2 Å². The summed E-state index contributed by atoms with van der Waals surface area (Å²) in [4.78, 5) is 16.0. The number of carbonyl (C=O) groups is 1. The van der Waals surface area contributed by atoms with Crippen LogP contribution >= 0.6 is 11.6 Å². The fourth-order valence-corrected chi connectivity index (χ4v) is 2.33. The fraction of sp³-hybridized carbons (Fsp3) is 0.111. The van der Waals surface area contributed by atoms with E-state index in [4.69, 9.17) is 16.3 Å². The van der Waals surface area contributed by atoms with Crippen molar-refractivity contribution in [2.45, 2.75) is 6.92 Å². The average Bonchev–Trinajstić information content (AvgIpc) is 2.65. The first-order valence-electron chi connectivity index (χ1n) is 7.91. The van der Waals surface area contributed by atoms with Crippen LogP contribution in [-0.2, 0) is 4.74 Å². The van der Waals surface area contributed by atoms with Crippen LogP contribution in [0.25, 0.3) is 0 Å². The average molecular weight is 370 g/mol. The van der Waals surface area contributed by atoms with Crippen LogP contribution in [0.15, 0.2) is 54.7 Å². The van der Waals surface area contributed by atoms with Gasteiger partial charge >= 0.3 is 5.97 Å². The van der Waals surface area contributed by atoms with Crippen molar-refractivity contribution < 1.29 is 9.53 Å². The molecule has 132 valence electrons. The second-order valence-electron chi connectivity index (χ2n) is 5.19. The highest BCUT2D eigenvalue weighted by molar-refractivity contribution is 6.33. The zero-order valence-corrected chi connectivity index (χ0v) is 14.7. The van der Waals surface area contributed by atoms with E-state index < -0.39 is 0 Å². The van der Waals surface area contributed by atoms with Gasteiger partial charge in [0.05, 0.1) is 29.1 Å². The van der Waals surface area contributed by atoms with Gasteiger partial charge in [-0.3, -0.25) is 0 Å². The second-order valence-corrected chi connectivity index (χ2v) is 5.60. The molecule has 2 N–H and O–H groups in total. The van der Waals surface area contributed by atoms with E-state index in [1.165, 1.54) is 6.20 Å². The number of nitrogens with one attached hydrogen (secondary N) is 2. The number of carbonyl (C=O) groups excluding carboxylic acids is 1. The summed E-state index contributed by atoms with van der Waals surface area (Å²) in [6.45, 7) is 2.10. The van der Waals surface area contributed by atoms with Gasteiger partial charge in [0.1, 0.15) is 0 Å². The van der Waals surface area contributed by atoms with E-state index in [2.05, 4.69) is 25.8 Å². The Morgan fingerprint density at radius 2 is 1.88 bits per heavy atom. The van der Waals surface area contributed by atoms with Gasteiger partial charge in [-0.15, -0.1) is 5.10 Å². The lowest BCUT2D eigenvalue weighted by Crippen LogP contribution is -2.05. The molecule has 26 heavy (non-hydrogen) atoms. The number of ether oxygens (including phenoxy) is 1. The van der Waals surface area contributed by atoms with Crippen LogP contribution in [0.1, 0.15) is 17.3 Å². The van der Waals surface area contributed by atoms with Crippen molar-refractivity contribution >= 4 is 40.7 Å². The number of anilines is 4.